The van der Waals surface area contributed by atoms with Crippen LogP contribution in [0, 0.1) is 3.57 Å². The molecule has 1 aromatic carbocycles. The molecule has 0 atom stereocenters. The summed E-state index contributed by atoms with van der Waals surface area (Å²) in [7, 11) is 0. The Bertz CT molecular complexity index is 340. The number of hydrogen-bond acceptors (Lipinski definition) is 3. The molecule has 0 spiro atoms. The molecule has 2 N–H and O–H groups in total. The first-order valence-corrected chi connectivity index (χ1v) is 6.54. The summed E-state index contributed by atoms with van der Waals surface area (Å²) in [5.41, 5.74) is 0.668. The number of ether oxygens (including phenoxy) is 1. The van der Waals surface area contributed by atoms with Gasteiger partial charge in [0.05, 0.1) is 13.2 Å². The Hall–Kier alpha value is -0.660. The van der Waals surface area contributed by atoms with Crippen molar-refractivity contribution < 1.29 is 14.6 Å². The average molecular weight is 349 g/mol. The van der Waals surface area contributed by atoms with Gasteiger partial charge in [0.1, 0.15) is 0 Å². The molecule has 4 nitrogen and oxygen atoms in total. The van der Waals surface area contributed by atoms with Crippen LogP contribution in [0.4, 0.5) is 0 Å². The van der Waals surface area contributed by atoms with Crippen molar-refractivity contribution >= 4 is 28.5 Å². The second kappa shape index (κ2) is 8.43. The lowest BCUT2D eigenvalue weighted by Gasteiger charge is -2.05. The number of aliphatic hydroxyl groups excluding tert-OH is 1. The summed E-state index contributed by atoms with van der Waals surface area (Å²) >= 11 is 2.20. The van der Waals surface area contributed by atoms with Crippen molar-refractivity contribution in [1.82, 2.24) is 5.32 Å². The maximum absolute atomic E-state index is 11.7. The first-order chi connectivity index (χ1) is 8.24. The molecule has 0 aliphatic heterocycles. The highest BCUT2D eigenvalue weighted by molar-refractivity contribution is 14.1. The highest BCUT2D eigenvalue weighted by Crippen LogP contribution is 2.06. The van der Waals surface area contributed by atoms with Crippen LogP contribution in [0.3, 0.4) is 0 Å². The van der Waals surface area contributed by atoms with Crippen LogP contribution >= 0.6 is 22.6 Å². The quantitative estimate of drug-likeness (QED) is 0.578. The van der Waals surface area contributed by atoms with E-state index in [-0.39, 0.29) is 12.5 Å². The van der Waals surface area contributed by atoms with E-state index in [1.54, 1.807) is 12.1 Å². The van der Waals surface area contributed by atoms with Gasteiger partial charge in [0.25, 0.3) is 5.91 Å². The summed E-state index contributed by atoms with van der Waals surface area (Å²) in [4.78, 5) is 11.7. The van der Waals surface area contributed by atoms with Crippen molar-refractivity contribution in [3.05, 3.63) is 33.4 Å². The molecule has 94 valence electrons. The Morgan fingerprint density at radius 2 is 2.00 bits per heavy atom. The second-order valence-electron chi connectivity index (χ2n) is 3.45. The Kier molecular flexibility index (Phi) is 7.14. The number of rotatable bonds is 7. The topological polar surface area (TPSA) is 58.6 Å². The molecule has 0 unspecified atom stereocenters. The molecule has 0 bridgehead atoms. The molecule has 0 heterocycles. The fraction of sp³-hybridized carbons (Fsp3) is 0.417. The van der Waals surface area contributed by atoms with Crippen LogP contribution in [-0.4, -0.2) is 37.4 Å². The zero-order valence-corrected chi connectivity index (χ0v) is 11.6. The molecule has 1 amide bonds. The van der Waals surface area contributed by atoms with Crippen molar-refractivity contribution in [2.75, 3.05) is 26.4 Å². The summed E-state index contributed by atoms with van der Waals surface area (Å²) in [6, 6.07) is 7.42. The van der Waals surface area contributed by atoms with Crippen LogP contribution in [0.2, 0.25) is 0 Å². The monoisotopic (exact) mass is 349 g/mol. The van der Waals surface area contributed by atoms with E-state index in [9.17, 15) is 4.79 Å². The minimum Gasteiger partial charge on any atom is -0.394 e. The number of halogens is 1. The summed E-state index contributed by atoms with van der Waals surface area (Å²) in [5.74, 6) is -0.0661. The van der Waals surface area contributed by atoms with Crippen molar-refractivity contribution in [2.45, 2.75) is 6.42 Å². The number of nitrogens with one attached hydrogen (secondary N) is 1. The molecule has 1 rings (SSSR count). The fourth-order valence-electron chi connectivity index (χ4n) is 1.25. The molecule has 17 heavy (non-hydrogen) atoms. The smallest absolute Gasteiger partial charge is 0.251 e. The van der Waals surface area contributed by atoms with Crippen LogP contribution < -0.4 is 5.32 Å². The zero-order valence-electron chi connectivity index (χ0n) is 9.49. The number of amides is 1. The second-order valence-corrected chi connectivity index (χ2v) is 4.70. The Balaban J connectivity index is 2.19. The number of carbonyl (C=O) groups is 1. The third-order valence-electron chi connectivity index (χ3n) is 2.09. The number of hydrogen-bond donors (Lipinski definition) is 2. The van der Waals surface area contributed by atoms with Crippen LogP contribution in [0.25, 0.3) is 0 Å². The SMILES string of the molecule is O=C(NCCCOCCO)c1ccc(I)cc1. The number of aliphatic hydroxyl groups is 1. The maximum atomic E-state index is 11.7. The lowest BCUT2D eigenvalue weighted by molar-refractivity contribution is 0.0867. The normalized spacial score (nSPS) is 10.2. The van der Waals surface area contributed by atoms with E-state index in [2.05, 4.69) is 27.9 Å². The van der Waals surface area contributed by atoms with Gasteiger partial charge < -0.3 is 15.2 Å². The third kappa shape index (κ3) is 5.99. The molecular weight excluding hydrogens is 333 g/mol. The standard InChI is InChI=1S/C12H16INO3/c13-11-4-2-10(3-5-11)12(16)14-6-1-8-17-9-7-15/h2-5,15H,1,6-9H2,(H,14,16). The fourth-order valence-corrected chi connectivity index (χ4v) is 1.61. The maximum Gasteiger partial charge on any atom is 0.251 e. The minimum atomic E-state index is -0.0661. The van der Waals surface area contributed by atoms with Gasteiger partial charge >= 0.3 is 0 Å². The summed E-state index contributed by atoms with van der Waals surface area (Å²) in [6.45, 7) is 1.52. The number of benzene rings is 1. The molecule has 1 aromatic rings. The summed E-state index contributed by atoms with van der Waals surface area (Å²) in [6.07, 6.45) is 0.746. The van der Waals surface area contributed by atoms with E-state index in [4.69, 9.17) is 9.84 Å². The zero-order chi connectivity index (χ0) is 12.5. The van der Waals surface area contributed by atoms with Gasteiger partial charge in [-0.15, -0.1) is 0 Å². The van der Waals surface area contributed by atoms with Crippen molar-refractivity contribution in [2.24, 2.45) is 0 Å². The van der Waals surface area contributed by atoms with Gasteiger partial charge in [-0.3, -0.25) is 4.79 Å². The van der Waals surface area contributed by atoms with E-state index in [1.165, 1.54) is 0 Å². The molecule has 0 saturated carbocycles. The summed E-state index contributed by atoms with van der Waals surface area (Å²) < 4.78 is 6.19. The first kappa shape index (κ1) is 14.4. The molecule has 0 aliphatic carbocycles. The van der Waals surface area contributed by atoms with Crippen molar-refractivity contribution in [1.29, 1.82) is 0 Å². The molecule has 5 heteroatoms. The van der Waals surface area contributed by atoms with Gasteiger partial charge in [-0.1, -0.05) is 0 Å². The Morgan fingerprint density at radius 3 is 2.65 bits per heavy atom. The molecule has 0 aliphatic rings. The highest BCUT2D eigenvalue weighted by Gasteiger charge is 2.03. The summed E-state index contributed by atoms with van der Waals surface area (Å²) in [5, 5.41) is 11.3. The van der Waals surface area contributed by atoms with Crippen LogP contribution in [0.5, 0.6) is 0 Å². The number of carbonyl (C=O) groups excluding carboxylic acids is 1. The van der Waals surface area contributed by atoms with Crippen molar-refractivity contribution in [3.8, 4) is 0 Å². The minimum absolute atomic E-state index is 0.0367. The predicted molar refractivity (Wildman–Crippen MR) is 74.0 cm³/mol. The molecule has 0 fully saturated rings. The van der Waals surface area contributed by atoms with E-state index in [0.717, 1.165) is 9.99 Å². The molecular formula is C12H16INO3. The van der Waals surface area contributed by atoms with Crippen LogP contribution in [0.15, 0.2) is 24.3 Å². The van der Waals surface area contributed by atoms with Gasteiger partial charge in [-0.2, -0.15) is 0 Å². The van der Waals surface area contributed by atoms with E-state index in [1.807, 2.05) is 12.1 Å². The van der Waals surface area contributed by atoms with E-state index in [0.29, 0.717) is 25.3 Å². The van der Waals surface area contributed by atoms with Gasteiger partial charge in [0.15, 0.2) is 0 Å². The third-order valence-corrected chi connectivity index (χ3v) is 2.81. The van der Waals surface area contributed by atoms with Gasteiger partial charge in [-0.05, 0) is 53.3 Å². The van der Waals surface area contributed by atoms with Gasteiger partial charge in [0, 0.05) is 22.3 Å². The van der Waals surface area contributed by atoms with Gasteiger partial charge in [-0.25, -0.2) is 0 Å². The largest absolute Gasteiger partial charge is 0.394 e. The first-order valence-electron chi connectivity index (χ1n) is 5.46. The predicted octanol–water partition coefficient (Wildman–Crippen LogP) is 1.42. The van der Waals surface area contributed by atoms with Crippen LogP contribution in [-0.2, 0) is 4.74 Å². The molecule has 0 radical (unpaired) electrons. The Labute approximate surface area is 115 Å². The molecule has 0 saturated heterocycles. The van der Waals surface area contributed by atoms with Crippen LogP contribution in [0.1, 0.15) is 16.8 Å². The highest BCUT2D eigenvalue weighted by atomic mass is 127. The molecule has 0 aromatic heterocycles. The van der Waals surface area contributed by atoms with Gasteiger partial charge in [0.2, 0.25) is 0 Å². The lowest BCUT2D eigenvalue weighted by Crippen LogP contribution is -2.25. The van der Waals surface area contributed by atoms with E-state index < -0.39 is 0 Å². The van der Waals surface area contributed by atoms with E-state index >= 15 is 0 Å². The Morgan fingerprint density at radius 1 is 1.29 bits per heavy atom. The lowest BCUT2D eigenvalue weighted by atomic mass is 10.2. The van der Waals surface area contributed by atoms with Crippen molar-refractivity contribution in [3.63, 3.8) is 0 Å². The average Bonchev–Trinajstić information content (AvgIpc) is 2.34.